The van der Waals surface area contributed by atoms with Crippen LogP contribution in [0, 0.1) is 0 Å². The molecule has 0 spiro atoms. The molecule has 0 atom stereocenters. The van der Waals surface area contributed by atoms with Crippen molar-refractivity contribution in [2.24, 2.45) is 0 Å². The largest absolute Gasteiger partial charge is 0.508 e. The number of benzene rings is 2. The van der Waals surface area contributed by atoms with Crippen LogP contribution in [-0.2, 0) is 0 Å². The molecule has 24 heavy (non-hydrogen) atoms. The van der Waals surface area contributed by atoms with Crippen LogP contribution >= 0.6 is 0 Å². The van der Waals surface area contributed by atoms with Crippen molar-refractivity contribution in [2.45, 2.75) is 0 Å². The molecule has 0 fully saturated rings. The maximum atomic E-state index is 12.7. The quantitative estimate of drug-likeness (QED) is 0.677. The van der Waals surface area contributed by atoms with Gasteiger partial charge in [-0.1, -0.05) is 0 Å². The number of rotatable bonds is 3. The average molecular weight is 330 g/mol. The zero-order valence-corrected chi connectivity index (χ0v) is 12.9. The Balaban J connectivity index is 2.31. The normalized spacial score (nSPS) is 10.8. The van der Waals surface area contributed by atoms with E-state index < -0.39 is 11.2 Å². The van der Waals surface area contributed by atoms with Gasteiger partial charge in [0.05, 0.1) is 19.8 Å². The number of phenolic OH excluding ortho intramolecular Hbond substituents is 3. The maximum Gasteiger partial charge on any atom is 0.204 e. The summed E-state index contributed by atoms with van der Waals surface area (Å²) in [6.07, 6.45) is 1.20. The molecule has 1 heterocycles. The third kappa shape index (κ3) is 2.36. The van der Waals surface area contributed by atoms with Gasteiger partial charge in [-0.2, -0.15) is 0 Å². The van der Waals surface area contributed by atoms with Crippen LogP contribution in [0.4, 0.5) is 0 Å². The molecule has 0 unspecified atom stereocenters. The molecule has 1 aromatic heterocycles. The molecule has 0 radical (unpaired) electrons. The van der Waals surface area contributed by atoms with E-state index in [0.717, 1.165) is 6.07 Å². The fourth-order valence-electron chi connectivity index (χ4n) is 2.47. The van der Waals surface area contributed by atoms with Gasteiger partial charge in [-0.3, -0.25) is 4.79 Å². The number of hydrogen-bond acceptors (Lipinski definition) is 7. The predicted octanol–water partition coefficient (Wildman–Crippen LogP) is 2.59. The molecule has 0 saturated carbocycles. The summed E-state index contributed by atoms with van der Waals surface area (Å²) in [4.78, 5) is 12.7. The van der Waals surface area contributed by atoms with Crippen LogP contribution in [0.1, 0.15) is 0 Å². The van der Waals surface area contributed by atoms with Crippen molar-refractivity contribution in [2.75, 3.05) is 14.2 Å². The van der Waals surface area contributed by atoms with Gasteiger partial charge in [0.2, 0.25) is 11.2 Å². The van der Waals surface area contributed by atoms with Crippen molar-refractivity contribution in [3.63, 3.8) is 0 Å². The van der Waals surface area contributed by atoms with Gasteiger partial charge in [0.15, 0.2) is 11.5 Å². The van der Waals surface area contributed by atoms with Crippen LogP contribution in [0.5, 0.6) is 28.7 Å². The van der Waals surface area contributed by atoms with Crippen molar-refractivity contribution in [3.05, 3.63) is 40.8 Å². The molecule has 124 valence electrons. The average Bonchev–Trinajstić information content (AvgIpc) is 2.55. The van der Waals surface area contributed by atoms with E-state index in [4.69, 9.17) is 13.9 Å². The zero-order chi connectivity index (χ0) is 17.4. The molecule has 0 aliphatic heterocycles. The van der Waals surface area contributed by atoms with Crippen molar-refractivity contribution in [1.29, 1.82) is 0 Å². The van der Waals surface area contributed by atoms with Gasteiger partial charge in [-0.25, -0.2) is 0 Å². The van der Waals surface area contributed by atoms with E-state index in [9.17, 15) is 20.1 Å². The molecule has 7 heteroatoms. The Hall–Kier alpha value is -3.35. The minimum absolute atomic E-state index is 0.0546. The molecule has 0 aliphatic carbocycles. The summed E-state index contributed by atoms with van der Waals surface area (Å²) < 4.78 is 15.5. The number of phenols is 3. The molecule has 7 nitrogen and oxygen atoms in total. The Labute approximate surface area is 135 Å². The Kier molecular flexibility index (Phi) is 3.69. The lowest BCUT2D eigenvalue weighted by molar-refractivity contribution is 0.340. The minimum atomic E-state index is -0.497. The Bertz CT molecular complexity index is 963. The van der Waals surface area contributed by atoms with E-state index in [1.807, 2.05) is 0 Å². The maximum absolute atomic E-state index is 12.7. The van der Waals surface area contributed by atoms with E-state index in [0.29, 0.717) is 5.56 Å². The summed E-state index contributed by atoms with van der Waals surface area (Å²) in [5.41, 5.74) is 0.0761. The lowest BCUT2D eigenvalue weighted by Crippen LogP contribution is -2.05. The first kappa shape index (κ1) is 15.5. The molecule has 0 aliphatic rings. The summed E-state index contributed by atoms with van der Waals surface area (Å²) >= 11 is 0. The number of ether oxygens (including phenoxy) is 2. The Morgan fingerprint density at radius 2 is 1.58 bits per heavy atom. The molecule has 3 N–H and O–H groups in total. The highest BCUT2D eigenvalue weighted by Crippen LogP contribution is 2.40. The number of methoxy groups -OCH3 is 2. The third-order valence-electron chi connectivity index (χ3n) is 3.63. The second-order valence-corrected chi connectivity index (χ2v) is 5.05. The van der Waals surface area contributed by atoms with Gasteiger partial charge in [0, 0.05) is 12.1 Å². The molecular formula is C17H14O7. The molecule has 2 aromatic carbocycles. The first-order chi connectivity index (χ1) is 11.5. The van der Waals surface area contributed by atoms with E-state index in [1.165, 1.54) is 38.7 Å². The summed E-state index contributed by atoms with van der Waals surface area (Å²) in [6.45, 7) is 0. The van der Waals surface area contributed by atoms with E-state index in [2.05, 4.69) is 0 Å². The third-order valence-corrected chi connectivity index (χ3v) is 3.63. The monoisotopic (exact) mass is 330 g/mol. The molecule has 0 saturated heterocycles. The summed E-state index contributed by atoms with van der Waals surface area (Å²) in [5.74, 6) is -0.554. The van der Waals surface area contributed by atoms with E-state index in [-0.39, 0.29) is 39.5 Å². The van der Waals surface area contributed by atoms with Gasteiger partial charge < -0.3 is 29.2 Å². The fraction of sp³-hybridized carbons (Fsp3) is 0.118. The predicted molar refractivity (Wildman–Crippen MR) is 86.0 cm³/mol. The van der Waals surface area contributed by atoms with Gasteiger partial charge in [-0.15, -0.1) is 0 Å². The highest BCUT2D eigenvalue weighted by molar-refractivity contribution is 5.88. The summed E-state index contributed by atoms with van der Waals surface area (Å²) in [7, 11) is 2.74. The van der Waals surface area contributed by atoms with Crippen LogP contribution in [0.25, 0.3) is 22.1 Å². The molecule has 0 amide bonds. The summed E-state index contributed by atoms with van der Waals surface area (Å²) in [5, 5.41) is 29.3. The second-order valence-electron chi connectivity index (χ2n) is 5.05. The highest BCUT2D eigenvalue weighted by Gasteiger charge is 2.17. The lowest BCUT2D eigenvalue weighted by atomic mass is 10.0. The van der Waals surface area contributed by atoms with E-state index in [1.54, 1.807) is 0 Å². The Morgan fingerprint density at radius 1 is 0.958 bits per heavy atom. The first-order valence-electron chi connectivity index (χ1n) is 6.89. The minimum Gasteiger partial charge on any atom is -0.508 e. The van der Waals surface area contributed by atoms with Gasteiger partial charge in [-0.05, 0) is 17.7 Å². The molecule has 0 bridgehead atoms. The molecule has 3 rings (SSSR count). The van der Waals surface area contributed by atoms with Gasteiger partial charge in [0.1, 0.15) is 28.7 Å². The standard InChI is InChI=1S/C17H14O7/c1-22-13-3-8(4-14(23-2)17(13)21)10-7-24-12-6-9(18)5-11(19)15(12)16(10)20/h3-7,18-19,21H,1-2H3. The number of fused-ring (bicyclic) bond motifs is 1. The first-order valence-corrected chi connectivity index (χ1v) is 6.89. The van der Waals surface area contributed by atoms with Gasteiger partial charge >= 0.3 is 0 Å². The van der Waals surface area contributed by atoms with Crippen LogP contribution < -0.4 is 14.9 Å². The van der Waals surface area contributed by atoms with Crippen LogP contribution in [-0.4, -0.2) is 29.5 Å². The smallest absolute Gasteiger partial charge is 0.204 e. The van der Waals surface area contributed by atoms with Crippen molar-refractivity contribution in [1.82, 2.24) is 0 Å². The topological polar surface area (TPSA) is 109 Å². The fourth-order valence-corrected chi connectivity index (χ4v) is 2.47. The second kappa shape index (κ2) is 5.69. The number of aromatic hydroxyl groups is 3. The Morgan fingerprint density at radius 3 is 2.17 bits per heavy atom. The van der Waals surface area contributed by atoms with Crippen molar-refractivity contribution >= 4 is 11.0 Å². The van der Waals surface area contributed by atoms with Crippen LogP contribution in [0.3, 0.4) is 0 Å². The molecule has 3 aromatic rings. The van der Waals surface area contributed by atoms with E-state index >= 15 is 0 Å². The molecular weight excluding hydrogens is 316 g/mol. The van der Waals surface area contributed by atoms with Crippen LogP contribution in [0.2, 0.25) is 0 Å². The summed E-state index contributed by atoms with van der Waals surface area (Å²) in [6, 6.07) is 5.19. The highest BCUT2D eigenvalue weighted by atomic mass is 16.5. The van der Waals surface area contributed by atoms with Crippen LogP contribution in [0.15, 0.2) is 39.7 Å². The van der Waals surface area contributed by atoms with Crippen molar-refractivity contribution in [3.8, 4) is 39.9 Å². The zero-order valence-electron chi connectivity index (χ0n) is 12.9. The number of hydrogen-bond donors (Lipinski definition) is 3. The lowest BCUT2D eigenvalue weighted by Gasteiger charge is -2.11. The van der Waals surface area contributed by atoms with Crippen molar-refractivity contribution < 1.29 is 29.2 Å². The van der Waals surface area contributed by atoms with Gasteiger partial charge in [0.25, 0.3) is 0 Å². The SMILES string of the molecule is COc1cc(-c2coc3cc(O)cc(O)c3c2=O)cc(OC)c1O.